The molecule has 33 heavy (non-hydrogen) atoms. The predicted octanol–water partition coefficient (Wildman–Crippen LogP) is 3.20. The first kappa shape index (κ1) is 20.9. The molecule has 4 heterocycles. The Balaban J connectivity index is 1.61. The summed E-state index contributed by atoms with van der Waals surface area (Å²) in [5.74, 6) is 2.89. The quantitative estimate of drug-likeness (QED) is 0.500. The topological polar surface area (TPSA) is 108 Å². The molecule has 4 aromatic rings. The maximum atomic E-state index is 12.7. The molecule has 1 aliphatic rings. The minimum atomic E-state index is -0.176. The van der Waals surface area contributed by atoms with E-state index in [0.717, 1.165) is 16.8 Å². The molecule has 3 aromatic heterocycles. The van der Waals surface area contributed by atoms with Gasteiger partial charge < -0.3 is 14.8 Å². The van der Waals surface area contributed by atoms with Crippen LogP contribution in [0.4, 0.5) is 5.82 Å². The number of anilines is 1. The lowest BCUT2D eigenvalue weighted by Gasteiger charge is -2.25. The van der Waals surface area contributed by atoms with Gasteiger partial charge in [-0.15, -0.1) is 15.3 Å². The molecule has 1 aromatic carbocycles. The molecule has 1 atom stereocenters. The van der Waals surface area contributed by atoms with Crippen LogP contribution in [0.15, 0.2) is 30.3 Å². The zero-order chi connectivity index (χ0) is 23.3. The van der Waals surface area contributed by atoms with Gasteiger partial charge in [-0.1, -0.05) is 6.07 Å². The first-order valence-corrected chi connectivity index (χ1v) is 10.8. The van der Waals surface area contributed by atoms with Crippen LogP contribution in [0, 0.1) is 13.8 Å². The number of amides is 1. The van der Waals surface area contributed by atoms with Crippen molar-refractivity contribution in [3.05, 3.63) is 53.0 Å². The first-order chi connectivity index (χ1) is 15.9. The molecule has 0 saturated carbocycles. The average molecular weight is 447 g/mol. The second-order valence-corrected chi connectivity index (χ2v) is 8.35. The van der Waals surface area contributed by atoms with Crippen LogP contribution in [-0.2, 0) is 4.79 Å². The molecule has 0 spiro atoms. The maximum absolute atomic E-state index is 12.7. The summed E-state index contributed by atoms with van der Waals surface area (Å²) >= 11 is 0. The summed E-state index contributed by atoms with van der Waals surface area (Å²) in [4.78, 5) is 12.7. The van der Waals surface area contributed by atoms with E-state index < -0.39 is 0 Å². The highest BCUT2D eigenvalue weighted by atomic mass is 16.5. The Hall–Kier alpha value is -3.95. The van der Waals surface area contributed by atoms with E-state index in [1.807, 2.05) is 58.0 Å². The highest BCUT2D eigenvalue weighted by Crippen LogP contribution is 2.42. The summed E-state index contributed by atoms with van der Waals surface area (Å²) in [6, 6.07) is 9.45. The van der Waals surface area contributed by atoms with E-state index in [2.05, 4.69) is 20.6 Å². The van der Waals surface area contributed by atoms with Crippen molar-refractivity contribution in [2.45, 2.75) is 46.1 Å². The monoisotopic (exact) mass is 447 g/mol. The number of hydrogen-bond donors (Lipinski definition) is 1. The number of benzene rings is 1. The van der Waals surface area contributed by atoms with Crippen molar-refractivity contribution in [2.75, 3.05) is 12.4 Å². The molecule has 0 aliphatic carbocycles. The summed E-state index contributed by atoms with van der Waals surface area (Å²) in [5.41, 5.74) is 3.38. The fraction of sp³-hybridized carbons (Fsp3) is 0.348. The number of nitrogens with one attached hydrogen (secondary N) is 1. The van der Waals surface area contributed by atoms with E-state index in [4.69, 9.17) is 14.6 Å². The van der Waals surface area contributed by atoms with Gasteiger partial charge in [0.2, 0.25) is 5.91 Å². The van der Waals surface area contributed by atoms with Gasteiger partial charge in [0, 0.05) is 17.9 Å². The predicted molar refractivity (Wildman–Crippen MR) is 121 cm³/mol. The second-order valence-electron chi connectivity index (χ2n) is 8.35. The van der Waals surface area contributed by atoms with Crippen molar-refractivity contribution in [3.63, 3.8) is 0 Å². The van der Waals surface area contributed by atoms with E-state index >= 15 is 0 Å². The molecule has 10 heteroatoms. The number of nitrogens with zero attached hydrogens (tertiary/aromatic N) is 6. The SMILES string of the molecule is COc1cc(C2CC(=O)Nc3c2c(C)nn3-c2ccc3nnc(C)n3n2)ccc1OC(C)C. The highest BCUT2D eigenvalue weighted by Gasteiger charge is 2.33. The van der Waals surface area contributed by atoms with E-state index in [-0.39, 0.29) is 17.9 Å². The van der Waals surface area contributed by atoms with Crippen LogP contribution in [0.5, 0.6) is 11.5 Å². The van der Waals surface area contributed by atoms with Gasteiger partial charge in [0.15, 0.2) is 28.8 Å². The van der Waals surface area contributed by atoms with Gasteiger partial charge in [-0.25, -0.2) is 0 Å². The van der Waals surface area contributed by atoms with Crippen molar-refractivity contribution in [3.8, 4) is 17.3 Å². The third-order valence-electron chi connectivity index (χ3n) is 5.68. The largest absolute Gasteiger partial charge is 0.493 e. The Morgan fingerprint density at radius 2 is 1.91 bits per heavy atom. The van der Waals surface area contributed by atoms with E-state index in [0.29, 0.717) is 41.0 Å². The molecule has 1 aliphatic heterocycles. The molecule has 10 nitrogen and oxygen atoms in total. The average Bonchev–Trinajstić information content (AvgIpc) is 3.32. The van der Waals surface area contributed by atoms with Crippen LogP contribution < -0.4 is 14.8 Å². The third-order valence-corrected chi connectivity index (χ3v) is 5.68. The van der Waals surface area contributed by atoms with Gasteiger partial charge >= 0.3 is 0 Å². The Kier molecular flexibility index (Phi) is 4.99. The Morgan fingerprint density at radius 3 is 2.67 bits per heavy atom. The third kappa shape index (κ3) is 3.57. The summed E-state index contributed by atoms with van der Waals surface area (Å²) in [7, 11) is 1.61. The Bertz CT molecular complexity index is 1370. The molecule has 0 radical (unpaired) electrons. The summed E-state index contributed by atoms with van der Waals surface area (Å²) < 4.78 is 14.7. The zero-order valence-corrected chi connectivity index (χ0v) is 19.2. The van der Waals surface area contributed by atoms with Gasteiger partial charge in [0.25, 0.3) is 0 Å². The molecular weight excluding hydrogens is 422 g/mol. The summed E-state index contributed by atoms with van der Waals surface area (Å²) in [6.07, 6.45) is 0.334. The van der Waals surface area contributed by atoms with Crippen molar-refractivity contribution in [1.82, 2.24) is 29.6 Å². The lowest BCUT2D eigenvalue weighted by atomic mass is 9.85. The van der Waals surface area contributed by atoms with Gasteiger partial charge in [-0.05, 0) is 57.5 Å². The van der Waals surface area contributed by atoms with E-state index in [1.165, 1.54) is 0 Å². The summed E-state index contributed by atoms with van der Waals surface area (Å²) in [5, 5.41) is 20.5. The van der Waals surface area contributed by atoms with Gasteiger partial charge in [-0.2, -0.15) is 14.3 Å². The number of ether oxygens (including phenoxy) is 2. The number of methoxy groups -OCH3 is 1. The standard InChI is InChI=1S/C23H25N7O3/c1-12(2)33-17-7-6-15(10-18(17)32-5)16-11-21(31)24-23-22(16)13(3)27-30(23)20-9-8-19-26-25-14(4)29(19)28-20/h6-10,12,16H,11H2,1-5H3,(H,24,31). The Labute approximate surface area is 190 Å². The molecule has 0 bridgehead atoms. The zero-order valence-electron chi connectivity index (χ0n) is 19.2. The van der Waals surface area contributed by atoms with Crippen LogP contribution in [0.25, 0.3) is 11.5 Å². The Morgan fingerprint density at radius 1 is 1.09 bits per heavy atom. The van der Waals surface area contributed by atoms with Crippen molar-refractivity contribution in [1.29, 1.82) is 0 Å². The summed E-state index contributed by atoms with van der Waals surface area (Å²) in [6.45, 7) is 7.71. The number of aryl methyl sites for hydroxylation is 2. The lowest BCUT2D eigenvalue weighted by Crippen LogP contribution is -2.25. The van der Waals surface area contributed by atoms with Gasteiger partial charge in [0.1, 0.15) is 5.82 Å². The normalized spacial score (nSPS) is 15.6. The lowest BCUT2D eigenvalue weighted by molar-refractivity contribution is -0.116. The van der Waals surface area contributed by atoms with Crippen LogP contribution in [0.1, 0.15) is 48.8 Å². The van der Waals surface area contributed by atoms with Crippen LogP contribution in [0.2, 0.25) is 0 Å². The molecular formula is C23H25N7O3. The number of fused-ring (bicyclic) bond motifs is 2. The smallest absolute Gasteiger partial charge is 0.226 e. The number of rotatable bonds is 5. The van der Waals surface area contributed by atoms with Crippen LogP contribution in [-0.4, -0.2) is 48.7 Å². The fourth-order valence-corrected chi connectivity index (χ4v) is 4.25. The van der Waals surface area contributed by atoms with E-state index in [1.54, 1.807) is 16.3 Å². The number of carbonyl (C=O) groups excluding carboxylic acids is 1. The number of carbonyl (C=O) groups is 1. The second kappa shape index (κ2) is 7.88. The molecule has 0 saturated heterocycles. The van der Waals surface area contributed by atoms with Crippen LogP contribution >= 0.6 is 0 Å². The molecule has 1 unspecified atom stereocenters. The minimum absolute atomic E-state index is 0.0245. The van der Waals surface area contributed by atoms with Crippen LogP contribution in [0.3, 0.4) is 0 Å². The number of hydrogen-bond acceptors (Lipinski definition) is 7. The van der Waals surface area contributed by atoms with Crippen molar-refractivity contribution in [2.24, 2.45) is 0 Å². The molecule has 1 amide bonds. The molecule has 170 valence electrons. The van der Waals surface area contributed by atoms with Crippen molar-refractivity contribution >= 4 is 17.4 Å². The minimum Gasteiger partial charge on any atom is -0.493 e. The number of aromatic nitrogens is 6. The molecule has 5 rings (SSSR count). The van der Waals surface area contributed by atoms with Gasteiger partial charge in [0.05, 0.1) is 18.9 Å². The molecule has 1 N–H and O–H groups in total. The first-order valence-electron chi connectivity index (χ1n) is 10.8. The maximum Gasteiger partial charge on any atom is 0.226 e. The molecule has 0 fully saturated rings. The van der Waals surface area contributed by atoms with Gasteiger partial charge in [-0.3, -0.25) is 4.79 Å². The van der Waals surface area contributed by atoms with Crippen molar-refractivity contribution < 1.29 is 14.3 Å². The highest BCUT2D eigenvalue weighted by molar-refractivity contribution is 5.95. The van der Waals surface area contributed by atoms with E-state index in [9.17, 15) is 4.79 Å². The fourth-order valence-electron chi connectivity index (χ4n) is 4.25.